The monoisotopic (exact) mass is 497 g/mol. The van der Waals surface area contributed by atoms with Gasteiger partial charge in [0, 0.05) is 0 Å². The lowest BCUT2D eigenvalue weighted by atomic mass is 9.65. The molecule has 3 aliphatic carbocycles. The lowest BCUT2D eigenvalue weighted by Crippen LogP contribution is -2.44. The van der Waals surface area contributed by atoms with Crippen LogP contribution < -0.4 is 4.90 Å². The molecule has 0 spiro atoms. The van der Waals surface area contributed by atoms with Crippen LogP contribution in [0.4, 0.5) is 5.69 Å². The molecular weight excluding hydrogens is 487 g/mol. The van der Waals surface area contributed by atoms with Crippen LogP contribution in [0, 0.1) is 23.7 Å². The number of anilines is 1. The molecule has 2 amide bonds. The normalized spacial score (nSPS) is 43.6. The summed E-state index contributed by atoms with van der Waals surface area (Å²) in [4.78, 5) is 24.7. The molecule has 6 atom stereocenters. The van der Waals surface area contributed by atoms with E-state index in [1.54, 1.807) is 24.3 Å². The minimum Gasteiger partial charge on any atom is -0.274 e. The summed E-state index contributed by atoms with van der Waals surface area (Å²) in [5.41, 5.74) is 0.555. The maximum absolute atomic E-state index is 13.1. The van der Waals surface area contributed by atoms with Crippen molar-refractivity contribution in [2.24, 2.45) is 23.7 Å². The number of hydrogen-bond donors (Lipinski definition) is 0. The second-order valence-corrected chi connectivity index (χ2v) is 11.1. The first-order chi connectivity index (χ1) is 13.1. The standard InChI is InChI=1S/C19H13Cl6NO2/c20-13-14(21)18(23)12-7-10-9(6-11(12)17(13,22)19(18,24)25)15(27)26(16(10)28)8-4-2-1-3-5-8/h1-5,9-12H,6-7H2/t9-,10+,11+,12-,17-,18-/m0/s1. The molecule has 1 aliphatic heterocycles. The number of alkyl halides is 4. The Morgan fingerprint density at radius 1 is 0.786 bits per heavy atom. The highest BCUT2D eigenvalue weighted by Crippen LogP contribution is 2.79. The highest BCUT2D eigenvalue weighted by Gasteiger charge is 2.83. The summed E-state index contributed by atoms with van der Waals surface area (Å²) in [5, 5.41) is 0.263. The number of para-hydroxylation sites is 1. The van der Waals surface area contributed by atoms with Crippen molar-refractivity contribution < 1.29 is 9.59 Å². The summed E-state index contributed by atoms with van der Waals surface area (Å²) < 4.78 is -1.64. The Morgan fingerprint density at radius 3 is 1.64 bits per heavy atom. The van der Waals surface area contributed by atoms with Crippen molar-refractivity contribution in [3.8, 4) is 0 Å². The molecule has 2 saturated carbocycles. The first-order valence-corrected chi connectivity index (χ1v) is 11.1. The smallest absolute Gasteiger partial charge is 0.237 e. The Labute approximate surface area is 191 Å². The van der Waals surface area contributed by atoms with Crippen molar-refractivity contribution in [1.82, 2.24) is 0 Å². The lowest BCUT2D eigenvalue weighted by Gasteiger charge is -2.42. The van der Waals surface area contributed by atoms with Crippen molar-refractivity contribution >= 4 is 87.1 Å². The number of benzene rings is 1. The van der Waals surface area contributed by atoms with Crippen molar-refractivity contribution in [3.63, 3.8) is 0 Å². The molecule has 1 heterocycles. The molecule has 1 aromatic rings. The molecular formula is C19H13Cl6NO2. The summed E-state index contributed by atoms with van der Waals surface area (Å²) in [7, 11) is 0. The van der Waals surface area contributed by atoms with Crippen molar-refractivity contribution in [2.75, 3.05) is 4.90 Å². The van der Waals surface area contributed by atoms with E-state index in [4.69, 9.17) is 69.6 Å². The van der Waals surface area contributed by atoms with Gasteiger partial charge in [-0.2, -0.15) is 0 Å². The summed E-state index contributed by atoms with van der Waals surface area (Å²) in [6, 6.07) is 8.87. The van der Waals surface area contributed by atoms with Crippen molar-refractivity contribution in [2.45, 2.75) is 26.9 Å². The Balaban J connectivity index is 1.58. The molecule has 2 bridgehead atoms. The quantitative estimate of drug-likeness (QED) is 0.369. The van der Waals surface area contributed by atoms with Gasteiger partial charge in [-0.1, -0.05) is 64.6 Å². The van der Waals surface area contributed by atoms with E-state index in [1.807, 2.05) is 6.07 Å². The van der Waals surface area contributed by atoms with Crippen LogP contribution in [0.25, 0.3) is 0 Å². The van der Waals surface area contributed by atoms with E-state index in [9.17, 15) is 9.59 Å². The van der Waals surface area contributed by atoms with Gasteiger partial charge in [-0.05, 0) is 36.8 Å². The van der Waals surface area contributed by atoms with Gasteiger partial charge < -0.3 is 0 Å². The van der Waals surface area contributed by atoms with Gasteiger partial charge in [-0.25, -0.2) is 0 Å². The van der Waals surface area contributed by atoms with Crippen molar-refractivity contribution in [1.29, 1.82) is 0 Å². The third kappa shape index (κ3) is 1.98. The fourth-order valence-corrected chi connectivity index (χ4v) is 8.66. The zero-order chi connectivity index (χ0) is 20.2. The Morgan fingerprint density at radius 2 is 1.21 bits per heavy atom. The largest absolute Gasteiger partial charge is 0.274 e. The molecule has 0 radical (unpaired) electrons. The second kappa shape index (κ2) is 5.96. The zero-order valence-electron chi connectivity index (χ0n) is 14.1. The summed E-state index contributed by atoms with van der Waals surface area (Å²) in [5.74, 6) is -2.26. The highest BCUT2D eigenvalue weighted by atomic mass is 35.5. The molecule has 0 aromatic heterocycles. The van der Waals surface area contributed by atoms with Gasteiger partial charge in [0.2, 0.25) is 11.8 Å². The Hall–Kier alpha value is -0.160. The Kier molecular flexibility index (Phi) is 4.21. The first-order valence-electron chi connectivity index (χ1n) is 8.83. The minimum absolute atomic E-state index is 0.132. The second-order valence-electron chi connectivity index (χ2n) is 7.87. The van der Waals surface area contributed by atoms with Crippen molar-refractivity contribution in [3.05, 3.63) is 40.4 Å². The Bertz CT molecular complexity index is 895. The number of hydrogen-bond acceptors (Lipinski definition) is 2. The maximum atomic E-state index is 13.1. The van der Waals surface area contributed by atoms with E-state index in [0.717, 1.165) is 0 Å². The van der Waals surface area contributed by atoms with Gasteiger partial charge in [0.05, 0.1) is 27.6 Å². The number of amides is 2. The molecule has 3 nitrogen and oxygen atoms in total. The number of carbonyl (C=O) groups is 2. The highest BCUT2D eigenvalue weighted by molar-refractivity contribution is 6.65. The van der Waals surface area contributed by atoms with Gasteiger partial charge in [-0.3, -0.25) is 14.5 Å². The number of carbonyl (C=O) groups excluding carboxylic acids is 2. The average molecular weight is 500 g/mol. The number of fused-ring (bicyclic) bond motifs is 6. The SMILES string of the molecule is O=C1[C@H]2C[C@@H]3[C@H](C[C@H]2C(=O)N1c1ccccc1)[C@]1(Cl)C(Cl)=C(Cl)[C@]3(Cl)C1(Cl)Cl. The van der Waals surface area contributed by atoms with Gasteiger partial charge in [0.25, 0.3) is 0 Å². The van der Waals surface area contributed by atoms with E-state index in [-0.39, 0.29) is 33.7 Å². The molecule has 0 N–H and O–H groups in total. The van der Waals surface area contributed by atoms with Gasteiger partial charge in [0.1, 0.15) is 9.75 Å². The van der Waals surface area contributed by atoms with Crippen LogP contribution >= 0.6 is 69.6 Å². The number of nitrogens with zero attached hydrogens (tertiary/aromatic N) is 1. The molecule has 1 saturated heterocycles. The summed E-state index contributed by atoms with van der Waals surface area (Å²) in [6.45, 7) is 0. The molecule has 1 aromatic carbocycles. The predicted octanol–water partition coefficient (Wildman–Crippen LogP) is 5.66. The van der Waals surface area contributed by atoms with E-state index in [2.05, 4.69) is 0 Å². The van der Waals surface area contributed by atoms with Crippen LogP contribution in [0.15, 0.2) is 40.4 Å². The molecule has 3 fully saturated rings. The van der Waals surface area contributed by atoms with Gasteiger partial charge in [-0.15, -0.1) is 23.2 Å². The molecule has 28 heavy (non-hydrogen) atoms. The zero-order valence-corrected chi connectivity index (χ0v) is 18.7. The molecule has 148 valence electrons. The van der Waals surface area contributed by atoms with Crippen LogP contribution in [0.1, 0.15) is 12.8 Å². The number of imide groups is 1. The van der Waals surface area contributed by atoms with Crippen LogP contribution in [0.3, 0.4) is 0 Å². The third-order valence-electron chi connectivity index (χ3n) is 6.84. The van der Waals surface area contributed by atoms with Crippen LogP contribution in [-0.2, 0) is 9.59 Å². The number of allylic oxidation sites excluding steroid dienone is 2. The summed E-state index contributed by atoms with van der Waals surface area (Å²) in [6.07, 6.45) is 0.644. The van der Waals surface area contributed by atoms with Gasteiger partial charge in [0.15, 0.2) is 4.33 Å². The molecule has 0 unspecified atom stereocenters. The topological polar surface area (TPSA) is 37.4 Å². The average Bonchev–Trinajstić information content (AvgIpc) is 3.04. The van der Waals surface area contributed by atoms with Crippen LogP contribution in [0.2, 0.25) is 0 Å². The fourth-order valence-electron chi connectivity index (χ4n) is 5.55. The third-order valence-corrected chi connectivity index (χ3v) is 11.2. The van der Waals surface area contributed by atoms with E-state index in [1.165, 1.54) is 4.90 Å². The minimum atomic E-state index is -1.64. The molecule has 4 aliphatic rings. The van der Waals surface area contributed by atoms with Crippen LogP contribution in [0.5, 0.6) is 0 Å². The number of rotatable bonds is 1. The molecule has 9 heteroatoms. The fraction of sp³-hybridized carbons (Fsp3) is 0.474. The van der Waals surface area contributed by atoms with Crippen LogP contribution in [-0.4, -0.2) is 25.9 Å². The van der Waals surface area contributed by atoms with E-state index >= 15 is 0 Å². The van der Waals surface area contributed by atoms with E-state index in [0.29, 0.717) is 18.5 Å². The first kappa shape index (κ1) is 19.8. The number of halogens is 6. The maximum Gasteiger partial charge on any atom is 0.237 e. The lowest BCUT2D eigenvalue weighted by molar-refractivity contribution is -0.122. The predicted molar refractivity (Wildman–Crippen MR) is 112 cm³/mol. The van der Waals surface area contributed by atoms with Gasteiger partial charge >= 0.3 is 0 Å². The molecule has 5 rings (SSSR count). The summed E-state index contributed by atoms with van der Waals surface area (Å²) >= 11 is 39.9. The van der Waals surface area contributed by atoms with E-state index < -0.39 is 25.9 Å².